The van der Waals surface area contributed by atoms with E-state index in [1.807, 2.05) is 12.1 Å². The van der Waals surface area contributed by atoms with E-state index in [1.54, 1.807) is 6.26 Å². The Morgan fingerprint density at radius 2 is 1.46 bits per heavy atom. The number of likely N-dealkylation sites (N-methyl/N-ethyl adjacent to an activating group) is 1. The van der Waals surface area contributed by atoms with E-state index < -0.39 is 24.3 Å². The summed E-state index contributed by atoms with van der Waals surface area (Å²) >= 11 is 0. The van der Waals surface area contributed by atoms with Gasteiger partial charge in [0.25, 0.3) is 0 Å². The molecule has 4 heterocycles. The zero-order valence-electron chi connectivity index (χ0n) is 19.8. The van der Waals surface area contributed by atoms with Crippen molar-refractivity contribution in [3.05, 3.63) is 41.9 Å². The van der Waals surface area contributed by atoms with Gasteiger partial charge in [-0.05, 0) is 19.2 Å². The van der Waals surface area contributed by atoms with Crippen LogP contribution in [0.25, 0.3) is 0 Å². The Morgan fingerprint density at radius 1 is 0.919 bits per heavy atom. The largest absolute Gasteiger partial charge is 0.490 e. The van der Waals surface area contributed by atoms with E-state index >= 15 is 0 Å². The maximum absolute atomic E-state index is 10.6. The van der Waals surface area contributed by atoms with Gasteiger partial charge in [0.1, 0.15) is 11.6 Å². The molecule has 10 nitrogen and oxygen atoms in total. The summed E-state index contributed by atoms with van der Waals surface area (Å²) < 4.78 is 71.3. The van der Waals surface area contributed by atoms with Crippen LogP contribution in [0.4, 0.5) is 26.3 Å². The zero-order chi connectivity index (χ0) is 27.8. The molecule has 0 aromatic carbocycles. The number of hydrogen-bond donors (Lipinski definition) is 2. The lowest BCUT2D eigenvalue weighted by Gasteiger charge is -2.31. The van der Waals surface area contributed by atoms with E-state index in [9.17, 15) is 26.3 Å². The number of aliphatic carboxylic acids is 2. The van der Waals surface area contributed by atoms with Gasteiger partial charge < -0.3 is 24.1 Å². The van der Waals surface area contributed by atoms with E-state index in [4.69, 9.17) is 29.2 Å². The number of furan rings is 1. The van der Waals surface area contributed by atoms with Gasteiger partial charge in [0.15, 0.2) is 0 Å². The van der Waals surface area contributed by atoms with Crippen molar-refractivity contribution in [2.45, 2.75) is 38.5 Å². The van der Waals surface area contributed by atoms with Gasteiger partial charge in [-0.1, -0.05) is 0 Å². The van der Waals surface area contributed by atoms with Crippen LogP contribution < -0.4 is 0 Å². The van der Waals surface area contributed by atoms with Crippen molar-refractivity contribution in [1.82, 2.24) is 24.3 Å². The molecule has 0 bridgehead atoms. The molecule has 2 aromatic rings. The number of aromatic nitrogens is 2. The van der Waals surface area contributed by atoms with Gasteiger partial charge in [-0.25, -0.2) is 14.6 Å². The van der Waals surface area contributed by atoms with Crippen LogP contribution >= 0.6 is 0 Å². The lowest BCUT2D eigenvalue weighted by molar-refractivity contribution is -0.193. The van der Waals surface area contributed by atoms with Crippen LogP contribution in [0.15, 0.2) is 29.0 Å². The Balaban J connectivity index is 0.000000286. The maximum Gasteiger partial charge on any atom is 0.490 e. The Hall–Kier alpha value is -3.11. The second-order valence-electron chi connectivity index (χ2n) is 8.32. The highest BCUT2D eigenvalue weighted by atomic mass is 19.4. The molecule has 37 heavy (non-hydrogen) atoms. The molecule has 0 aliphatic carbocycles. The Labute approximate surface area is 207 Å². The summed E-state index contributed by atoms with van der Waals surface area (Å²) in [6.45, 7) is 9.43. The van der Waals surface area contributed by atoms with Gasteiger partial charge in [-0.15, -0.1) is 0 Å². The number of imidazole rings is 1. The Kier molecular flexibility index (Phi) is 10.5. The van der Waals surface area contributed by atoms with Crippen LogP contribution in [0, 0.1) is 0 Å². The van der Waals surface area contributed by atoms with Gasteiger partial charge >= 0.3 is 24.3 Å². The van der Waals surface area contributed by atoms with Crippen LogP contribution in [-0.2, 0) is 35.8 Å². The third kappa shape index (κ3) is 10.4. The average Bonchev–Trinajstić information content (AvgIpc) is 3.44. The number of alkyl halides is 6. The first-order chi connectivity index (χ1) is 17.1. The molecule has 16 heteroatoms. The highest BCUT2D eigenvalue weighted by molar-refractivity contribution is 5.73. The van der Waals surface area contributed by atoms with Gasteiger partial charge in [0.05, 0.1) is 25.0 Å². The minimum atomic E-state index is -5.08. The number of carboxylic acid groups (broad SMARTS) is 2. The molecular formula is C21H27F6N5O5. The first kappa shape index (κ1) is 30.1. The average molecular weight is 543 g/mol. The number of carboxylic acids is 2. The van der Waals surface area contributed by atoms with E-state index in [0.29, 0.717) is 0 Å². The molecule has 0 amide bonds. The summed E-state index contributed by atoms with van der Waals surface area (Å²) in [6.07, 6.45) is -6.17. The monoisotopic (exact) mass is 543 g/mol. The fraction of sp³-hybridized carbons (Fsp3) is 0.571. The third-order valence-electron chi connectivity index (χ3n) is 5.36. The summed E-state index contributed by atoms with van der Waals surface area (Å²) in [5.74, 6) is -3.30. The molecule has 4 rings (SSSR count). The number of fused-ring (bicyclic) bond motifs is 1. The summed E-state index contributed by atoms with van der Waals surface area (Å²) in [7, 11) is 2.19. The minimum absolute atomic E-state index is 0.869. The SMILES string of the molecule is CN1CCN(Cc2cn3c(n2)CN(Cc2ccco2)CC3)CC1.O=C(O)C(F)(F)F.O=C(O)C(F)(F)F. The zero-order valence-corrected chi connectivity index (χ0v) is 19.8. The molecule has 0 unspecified atom stereocenters. The van der Waals surface area contributed by atoms with Crippen LogP contribution in [0.3, 0.4) is 0 Å². The lowest BCUT2D eigenvalue weighted by Crippen LogP contribution is -2.43. The van der Waals surface area contributed by atoms with E-state index in [2.05, 4.69) is 32.5 Å². The van der Waals surface area contributed by atoms with Crippen molar-refractivity contribution in [3.8, 4) is 0 Å². The van der Waals surface area contributed by atoms with Gasteiger partial charge in [0, 0.05) is 52.0 Å². The predicted octanol–water partition coefficient (Wildman–Crippen LogP) is 2.51. The van der Waals surface area contributed by atoms with Crippen molar-refractivity contribution in [2.75, 3.05) is 39.8 Å². The van der Waals surface area contributed by atoms with E-state index in [-0.39, 0.29) is 0 Å². The van der Waals surface area contributed by atoms with Crippen LogP contribution in [0.5, 0.6) is 0 Å². The molecular weight excluding hydrogens is 516 g/mol. The van der Waals surface area contributed by atoms with Gasteiger partial charge in [-0.3, -0.25) is 9.80 Å². The number of piperazine rings is 1. The van der Waals surface area contributed by atoms with Crippen molar-refractivity contribution >= 4 is 11.9 Å². The Morgan fingerprint density at radius 3 is 1.95 bits per heavy atom. The van der Waals surface area contributed by atoms with E-state index in [1.165, 1.54) is 11.5 Å². The number of rotatable bonds is 4. The smallest absolute Gasteiger partial charge is 0.475 e. The quantitative estimate of drug-likeness (QED) is 0.562. The van der Waals surface area contributed by atoms with Crippen LogP contribution in [0.2, 0.25) is 0 Å². The Bertz CT molecular complexity index is 977. The topological polar surface area (TPSA) is 115 Å². The molecule has 0 radical (unpaired) electrons. The molecule has 1 fully saturated rings. The summed E-state index contributed by atoms with van der Waals surface area (Å²) in [4.78, 5) is 30.0. The summed E-state index contributed by atoms with van der Waals surface area (Å²) in [6, 6.07) is 3.99. The van der Waals surface area contributed by atoms with E-state index in [0.717, 1.165) is 64.7 Å². The highest BCUT2D eigenvalue weighted by Gasteiger charge is 2.38. The van der Waals surface area contributed by atoms with Gasteiger partial charge in [0.2, 0.25) is 0 Å². The fourth-order valence-electron chi connectivity index (χ4n) is 3.43. The standard InChI is InChI=1S/C17H25N5O.2C2HF3O2/c1-19-4-6-20(7-5-19)11-15-12-22-9-8-21(14-17(22)18-15)13-16-3-2-10-23-16;2*3-2(4,5)1(6)7/h2-3,10,12H,4-9,11,13-14H2,1H3;2*(H,6,7). The minimum Gasteiger partial charge on any atom is -0.475 e. The fourth-order valence-corrected chi connectivity index (χ4v) is 3.43. The molecule has 0 atom stereocenters. The molecule has 0 saturated carbocycles. The molecule has 2 N–H and O–H groups in total. The normalized spacial score (nSPS) is 17.2. The van der Waals surface area contributed by atoms with Crippen LogP contribution in [0.1, 0.15) is 17.3 Å². The van der Waals surface area contributed by atoms with Gasteiger partial charge in [-0.2, -0.15) is 26.3 Å². The molecule has 0 spiro atoms. The summed E-state index contributed by atoms with van der Waals surface area (Å²) in [5.41, 5.74) is 1.21. The number of halogens is 6. The second-order valence-corrected chi connectivity index (χ2v) is 8.32. The molecule has 208 valence electrons. The maximum atomic E-state index is 10.6. The first-order valence-electron chi connectivity index (χ1n) is 11.0. The number of carbonyl (C=O) groups is 2. The summed E-state index contributed by atoms with van der Waals surface area (Å²) in [5, 5.41) is 14.2. The van der Waals surface area contributed by atoms with Crippen molar-refractivity contribution in [3.63, 3.8) is 0 Å². The number of nitrogens with zero attached hydrogens (tertiary/aromatic N) is 5. The molecule has 2 aromatic heterocycles. The van der Waals surface area contributed by atoms with Crippen LogP contribution in [-0.4, -0.2) is 98.5 Å². The van der Waals surface area contributed by atoms with Crippen molar-refractivity contribution in [1.29, 1.82) is 0 Å². The molecule has 2 aliphatic heterocycles. The molecule has 1 saturated heterocycles. The lowest BCUT2D eigenvalue weighted by atomic mass is 10.3. The predicted molar refractivity (Wildman–Crippen MR) is 115 cm³/mol. The second kappa shape index (κ2) is 12.9. The first-order valence-corrected chi connectivity index (χ1v) is 11.0. The van der Waals surface area contributed by atoms with Crippen molar-refractivity contribution in [2.24, 2.45) is 0 Å². The van der Waals surface area contributed by atoms with Crippen molar-refractivity contribution < 1.29 is 50.6 Å². The third-order valence-corrected chi connectivity index (χ3v) is 5.36. The number of hydrogen-bond acceptors (Lipinski definition) is 7. The molecule has 2 aliphatic rings. The highest BCUT2D eigenvalue weighted by Crippen LogP contribution is 2.17.